The van der Waals surface area contributed by atoms with E-state index >= 15 is 0 Å². The number of ether oxygens (including phenoxy) is 6. The van der Waals surface area contributed by atoms with Gasteiger partial charge >= 0.3 is 11.9 Å². The number of carbonyl (C=O) groups is 2. The summed E-state index contributed by atoms with van der Waals surface area (Å²) in [4.78, 5) is 24.5. The molecule has 3 fully saturated rings. The van der Waals surface area contributed by atoms with Crippen molar-refractivity contribution in [2.45, 2.75) is 120 Å². The topological polar surface area (TPSA) is 124 Å². The maximum Gasteiger partial charge on any atom is 0.332 e. The fourth-order valence-electron chi connectivity index (χ4n) is 7.81. The molecule has 10 nitrogen and oxygen atoms in total. The summed E-state index contributed by atoms with van der Waals surface area (Å²) in [6.07, 6.45) is 4.78. The monoisotopic (exact) mass is 702 g/mol. The van der Waals surface area contributed by atoms with Crippen molar-refractivity contribution in [3.63, 3.8) is 0 Å². The molecule has 272 valence electrons. The molecule has 1 aromatic rings. The summed E-state index contributed by atoms with van der Waals surface area (Å²) in [6.45, 7) is 12.7. The zero-order chi connectivity index (χ0) is 35.3. The van der Waals surface area contributed by atoms with E-state index in [1.165, 1.54) is 7.11 Å². The Kier molecular flexibility index (Phi) is 12.8. The number of rotatable bonds is 15. The Labute approximate surface area is 291 Å². The van der Waals surface area contributed by atoms with Crippen molar-refractivity contribution < 1.29 is 46.4 Å². The second-order valence-corrected chi connectivity index (χ2v) is 16.5. The van der Waals surface area contributed by atoms with Gasteiger partial charge < -0.3 is 28.4 Å². The smallest absolute Gasteiger partial charge is 0.332 e. The van der Waals surface area contributed by atoms with E-state index in [9.17, 15) is 18.0 Å². The summed E-state index contributed by atoms with van der Waals surface area (Å²) in [6, 6.07) is 8.61. The van der Waals surface area contributed by atoms with E-state index in [4.69, 9.17) is 28.4 Å². The molecular formula is C38H54O10S. The van der Waals surface area contributed by atoms with Crippen molar-refractivity contribution in [2.24, 2.45) is 23.7 Å². The van der Waals surface area contributed by atoms with Gasteiger partial charge in [0.15, 0.2) is 15.9 Å². The van der Waals surface area contributed by atoms with Gasteiger partial charge in [-0.3, -0.25) is 4.79 Å². The molecule has 11 heteroatoms. The normalized spacial score (nSPS) is 33.9. The molecule has 49 heavy (non-hydrogen) atoms. The van der Waals surface area contributed by atoms with Crippen molar-refractivity contribution in [1.29, 1.82) is 0 Å². The molecule has 11 atom stereocenters. The Hall–Kier alpha value is -2.57. The highest BCUT2D eigenvalue weighted by atomic mass is 32.2. The van der Waals surface area contributed by atoms with E-state index in [0.717, 1.165) is 24.0 Å². The van der Waals surface area contributed by atoms with Gasteiger partial charge in [-0.1, -0.05) is 63.6 Å². The van der Waals surface area contributed by atoms with Gasteiger partial charge in [0, 0.05) is 31.8 Å². The molecule has 4 aliphatic rings. The first-order valence-electron chi connectivity index (χ1n) is 17.8. The van der Waals surface area contributed by atoms with Crippen molar-refractivity contribution >= 4 is 21.8 Å². The van der Waals surface area contributed by atoms with Crippen molar-refractivity contribution in [3.05, 3.63) is 54.1 Å². The Morgan fingerprint density at radius 2 is 1.84 bits per heavy atom. The number of sulfone groups is 1. The van der Waals surface area contributed by atoms with Crippen molar-refractivity contribution in [2.75, 3.05) is 26.1 Å². The number of hydrogen-bond donors (Lipinski definition) is 0. The third-order valence-corrected chi connectivity index (χ3v) is 12.8. The molecule has 0 radical (unpaired) electrons. The molecule has 4 aliphatic heterocycles. The molecule has 5 rings (SSSR count). The lowest BCUT2D eigenvalue weighted by Gasteiger charge is -2.37. The molecule has 4 heterocycles. The van der Waals surface area contributed by atoms with Gasteiger partial charge in [0.25, 0.3) is 0 Å². The van der Waals surface area contributed by atoms with Crippen molar-refractivity contribution in [1.82, 2.24) is 0 Å². The molecule has 0 aliphatic carbocycles. The largest absolute Gasteiger partial charge is 0.463 e. The van der Waals surface area contributed by atoms with Gasteiger partial charge in [0.2, 0.25) is 0 Å². The number of benzene rings is 1. The predicted octanol–water partition coefficient (Wildman–Crippen LogP) is 5.64. The van der Waals surface area contributed by atoms with Crippen LogP contribution in [-0.2, 0) is 47.8 Å². The van der Waals surface area contributed by atoms with Crippen LogP contribution in [0.5, 0.6) is 0 Å². The van der Waals surface area contributed by atoms with Crippen LogP contribution in [0.2, 0.25) is 0 Å². The van der Waals surface area contributed by atoms with E-state index in [1.807, 2.05) is 13.0 Å². The highest BCUT2D eigenvalue weighted by Gasteiger charge is 2.47. The Morgan fingerprint density at radius 3 is 2.55 bits per heavy atom. The van der Waals surface area contributed by atoms with Gasteiger partial charge in [-0.05, 0) is 62.1 Å². The highest BCUT2D eigenvalue weighted by Crippen LogP contribution is 2.43. The molecule has 0 amide bonds. The Morgan fingerprint density at radius 1 is 1.08 bits per heavy atom. The van der Waals surface area contributed by atoms with Crippen LogP contribution in [-0.4, -0.2) is 89.2 Å². The molecule has 0 saturated carbocycles. The molecule has 0 bridgehead atoms. The van der Waals surface area contributed by atoms with Crippen LogP contribution in [0.15, 0.2) is 59.0 Å². The van der Waals surface area contributed by atoms with Gasteiger partial charge in [0.1, 0.15) is 13.2 Å². The van der Waals surface area contributed by atoms with Gasteiger partial charge in [-0.25, -0.2) is 13.2 Å². The average molecular weight is 703 g/mol. The van der Waals surface area contributed by atoms with E-state index in [1.54, 1.807) is 24.3 Å². The average Bonchev–Trinajstić information content (AvgIpc) is 3.53. The molecule has 0 spiro atoms. The van der Waals surface area contributed by atoms with Crippen LogP contribution in [0.4, 0.5) is 0 Å². The quantitative estimate of drug-likeness (QED) is 0.168. The maximum absolute atomic E-state index is 13.7. The molecular weight excluding hydrogens is 648 g/mol. The standard InChI is InChI=1S/C38H54O10S/c1-7-23(2)17-33-25(4)30(22-49(41,42)28-11-9-8-10-12-28)35(47-33)19-34-29(20-44-37(40)21-43-6)24(3)18-27(45-34)13-14-31-26(5)38-32(46-31)15-16-36(39)48-38/h8-12,18,23,25,27,29-35,38H,5,7,13-17,19-22H2,1-4,6H3/t23-,25-,27+,29?,30-,31?,32+,33-,34?,35+,38+/m1/s1. The molecule has 0 N–H and O–H groups in total. The van der Waals surface area contributed by atoms with Crippen LogP contribution in [0.3, 0.4) is 0 Å². The van der Waals surface area contributed by atoms with Crippen LogP contribution in [0.25, 0.3) is 0 Å². The first-order chi connectivity index (χ1) is 23.4. The third kappa shape index (κ3) is 9.22. The summed E-state index contributed by atoms with van der Waals surface area (Å²) < 4.78 is 63.4. The number of hydrogen-bond acceptors (Lipinski definition) is 10. The number of esters is 2. The molecule has 3 saturated heterocycles. The Bertz CT molecular complexity index is 1440. The minimum atomic E-state index is -3.58. The first-order valence-corrected chi connectivity index (χ1v) is 19.5. The van der Waals surface area contributed by atoms with E-state index in [0.29, 0.717) is 42.9 Å². The fraction of sp³-hybridized carbons (Fsp3) is 0.684. The summed E-state index contributed by atoms with van der Waals surface area (Å²) in [7, 11) is -2.13. The second-order valence-electron chi connectivity index (χ2n) is 14.4. The number of fused-ring (bicyclic) bond motifs is 1. The first kappa shape index (κ1) is 37.7. The van der Waals surface area contributed by atoms with Crippen LogP contribution in [0.1, 0.15) is 72.6 Å². The van der Waals surface area contributed by atoms with Gasteiger partial charge in [0.05, 0.1) is 47.3 Å². The van der Waals surface area contributed by atoms with Gasteiger partial charge in [-0.15, -0.1) is 0 Å². The highest BCUT2D eigenvalue weighted by molar-refractivity contribution is 7.91. The minimum Gasteiger partial charge on any atom is -0.463 e. The lowest BCUT2D eigenvalue weighted by atomic mass is 9.82. The second kappa shape index (κ2) is 16.6. The third-order valence-electron chi connectivity index (χ3n) is 11.0. The summed E-state index contributed by atoms with van der Waals surface area (Å²) in [5.74, 6) is -0.721. The number of carbonyl (C=O) groups excluding carboxylic acids is 2. The molecule has 0 aromatic heterocycles. The summed E-state index contributed by atoms with van der Waals surface area (Å²) in [5, 5.41) is 0. The lowest BCUT2D eigenvalue weighted by molar-refractivity contribution is -0.158. The zero-order valence-electron chi connectivity index (χ0n) is 29.6. The summed E-state index contributed by atoms with van der Waals surface area (Å²) in [5.41, 5.74) is 1.83. The Balaban J connectivity index is 1.34. The zero-order valence-corrected chi connectivity index (χ0v) is 30.4. The van der Waals surface area contributed by atoms with Crippen LogP contribution < -0.4 is 0 Å². The van der Waals surface area contributed by atoms with Crippen molar-refractivity contribution in [3.8, 4) is 0 Å². The van der Waals surface area contributed by atoms with Crippen LogP contribution >= 0.6 is 0 Å². The minimum absolute atomic E-state index is 0.0215. The molecule has 1 aromatic carbocycles. The lowest BCUT2D eigenvalue weighted by Crippen LogP contribution is -2.41. The SMILES string of the molecule is C=C1C(CC[C@H]2C=C(C)C(COC(=O)COC)C(C[C@@H]3O[C@H](C[C@H](C)CC)[C@H](C)[C@H]3CS(=O)(=O)c3ccccc3)O2)O[C@H]2CCC(=O)O[C@@H]12. The van der Waals surface area contributed by atoms with Gasteiger partial charge in [-0.2, -0.15) is 0 Å². The van der Waals surface area contributed by atoms with E-state index < -0.39 is 21.9 Å². The van der Waals surface area contributed by atoms with Crippen LogP contribution in [0, 0.1) is 23.7 Å². The van der Waals surface area contributed by atoms with E-state index in [-0.39, 0.29) is 79.3 Å². The summed E-state index contributed by atoms with van der Waals surface area (Å²) >= 11 is 0. The van der Waals surface area contributed by atoms with E-state index in [2.05, 4.69) is 33.4 Å². The predicted molar refractivity (Wildman–Crippen MR) is 183 cm³/mol. The fourth-order valence-corrected chi connectivity index (χ4v) is 9.60. The number of methoxy groups -OCH3 is 1. The molecule has 3 unspecified atom stereocenters. The maximum atomic E-state index is 13.7.